The van der Waals surface area contributed by atoms with Crippen molar-refractivity contribution in [1.82, 2.24) is 9.36 Å². The number of nitrogens with zero attached hydrogens (tertiary/aromatic N) is 2. The fourth-order valence-electron chi connectivity index (χ4n) is 3.80. The molecule has 1 heterocycles. The van der Waals surface area contributed by atoms with E-state index in [1.807, 2.05) is 0 Å². The number of benzene rings is 3. The number of alkyl halides is 2. The number of carbonyl (C=O) groups is 1. The molecular formula is C25H17Cl2F4N3O4. The summed E-state index contributed by atoms with van der Waals surface area (Å²) in [5, 5.41) is 2.47. The molecule has 0 saturated heterocycles. The van der Waals surface area contributed by atoms with Gasteiger partial charge in [-0.1, -0.05) is 29.3 Å². The first-order valence-corrected chi connectivity index (χ1v) is 11.4. The Hall–Kier alpha value is -3.96. The number of amides is 1. The van der Waals surface area contributed by atoms with E-state index in [4.69, 9.17) is 27.9 Å². The van der Waals surface area contributed by atoms with Gasteiger partial charge in [0.2, 0.25) is 0 Å². The maximum Gasteiger partial charge on any atom is 0.387 e. The van der Waals surface area contributed by atoms with Crippen LogP contribution in [0.2, 0.25) is 10.0 Å². The van der Waals surface area contributed by atoms with Gasteiger partial charge in [-0.2, -0.15) is 8.78 Å². The van der Waals surface area contributed by atoms with Crippen LogP contribution in [0.5, 0.6) is 11.5 Å². The molecule has 0 saturated carbocycles. The zero-order valence-corrected chi connectivity index (χ0v) is 21.1. The van der Waals surface area contributed by atoms with Crippen LogP contribution in [0.15, 0.2) is 59.4 Å². The first-order chi connectivity index (χ1) is 18.0. The molecule has 198 valence electrons. The van der Waals surface area contributed by atoms with Crippen LogP contribution in [0.25, 0.3) is 16.9 Å². The van der Waals surface area contributed by atoms with Crippen LogP contribution in [0, 0.1) is 11.6 Å². The van der Waals surface area contributed by atoms with E-state index < -0.39 is 41.0 Å². The first-order valence-electron chi connectivity index (χ1n) is 10.7. The van der Waals surface area contributed by atoms with Gasteiger partial charge >= 0.3 is 6.61 Å². The van der Waals surface area contributed by atoms with Crippen LogP contribution in [-0.4, -0.2) is 29.0 Å². The Bertz CT molecular complexity index is 1560. The molecule has 0 unspecified atom stereocenters. The summed E-state index contributed by atoms with van der Waals surface area (Å²) in [6.45, 7) is -3.06. The van der Waals surface area contributed by atoms with E-state index in [1.54, 1.807) is 0 Å². The summed E-state index contributed by atoms with van der Waals surface area (Å²) in [7, 11) is 2.56. The Morgan fingerprint density at radius 1 is 1.00 bits per heavy atom. The topological polar surface area (TPSA) is 74.5 Å². The van der Waals surface area contributed by atoms with Crippen LogP contribution in [0.3, 0.4) is 0 Å². The van der Waals surface area contributed by atoms with Gasteiger partial charge < -0.3 is 14.8 Å². The molecule has 1 aromatic heterocycles. The average molecular weight is 570 g/mol. The predicted molar refractivity (Wildman–Crippen MR) is 134 cm³/mol. The van der Waals surface area contributed by atoms with Gasteiger partial charge in [0, 0.05) is 24.7 Å². The zero-order chi connectivity index (χ0) is 27.7. The van der Waals surface area contributed by atoms with Crippen molar-refractivity contribution in [2.75, 3.05) is 12.4 Å². The highest BCUT2D eigenvalue weighted by Gasteiger charge is 2.28. The van der Waals surface area contributed by atoms with Crippen LogP contribution in [-0.2, 0) is 7.05 Å². The third kappa shape index (κ3) is 5.07. The summed E-state index contributed by atoms with van der Waals surface area (Å²) < 4.78 is 66.4. The third-order valence-corrected chi connectivity index (χ3v) is 6.30. The number of nitrogens with one attached hydrogen (secondary N) is 1. The fourth-order valence-corrected chi connectivity index (χ4v) is 4.17. The molecule has 1 amide bonds. The second-order valence-corrected chi connectivity index (χ2v) is 8.55. The van der Waals surface area contributed by atoms with Gasteiger partial charge in [0.25, 0.3) is 11.5 Å². The van der Waals surface area contributed by atoms with Crippen molar-refractivity contribution in [2.24, 2.45) is 7.05 Å². The van der Waals surface area contributed by atoms with E-state index in [-0.39, 0.29) is 38.5 Å². The van der Waals surface area contributed by atoms with Crippen molar-refractivity contribution in [2.45, 2.75) is 6.61 Å². The Kier molecular flexibility index (Phi) is 7.70. The zero-order valence-electron chi connectivity index (χ0n) is 19.6. The van der Waals surface area contributed by atoms with E-state index in [0.717, 1.165) is 33.6 Å². The lowest BCUT2D eigenvalue weighted by Gasteiger charge is -2.14. The average Bonchev–Trinajstić information content (AvgIpc) is 3.09. The molecule has 13 heteroatoms. The Morgan fingerprint density at radius 3 is 2.21 bits per heavy atom. The molecule has 0 radical (unpaired) electrons. The van der Waals surface area contributed by atoms with Crippen molar-refractivity contribution < 1.29 is 31.8 Å². The summed E-state index contributed by atoms with van der Waals surface area (Å²) in [5.41, 5.74) is -2.29. The van der Waals surface area contributed by atoms with Crippen LogP contribution in [0.4, 0.5) is 23.2 Å². The molecule has 3 aromatic carbocycles. The lowest BCUT2D eigenvalue weighted by atomic mass is 10.1. The molecule has 0 aliphatic heterocycles. The van der Waals surface area contributed by atoms with Gasteiger partial charge in [0.05, 0.1) is 28.4 Å². The SMILES string of the molecule is COc1cc(F)c(-c2c(NC(=O)c3ccc(OC(F)F)cc3)c(=O)n(-c3cccc(Cl)c3Cl)n2C)c(F)c1. The normalized spacial score (nSPS) is 11.1. The largest absolute Gasteiger partial charge is 0.497 e. The number of methoxy groups -OCH3 is 1. The van der Waals surface area contributed by atoms with Crippen LogP contribution >= 0.6 is 23.2 Å². The lowest BCUT2D eigenvalue weighted by molar-refractivity contribution is -0.0498. The molecule has 0 atom stereocenters. The van der Waals surface area contributed by atoms with Crippen LogP contribution in [0.1, 0.15) is 10.4 Å². The molecule has 0 fully saturated rings. The highest BCUT2D eigenvalue weighted by molar-refractivity contribution is 6.43. The molecule has 1 N–H and O–H groups in total. The van der Waals surface area contributed by atoms with Crippen molar-refractivity contribution in [1.29, 1.82) is 0 Å². The van der Waals surface area contributed by atoms with Gasteiger partial charge in [-0.15, -0.1) is 0 Å². The minimum absolute atomic E-state index is 0.0217. The van der Waals surface area contributed by atoms with Crippen molar-refractivity contribution in [3.05, 3.63) is 92.2 Å². The number of halogens is 6. The highest BCUT2D eigenvalue weighted by atomic mass is 35.5. The maximum atomic E-state index is 15.2. The minimum atomic E-state index is -3.06. The van der Waals surface area contributed by atoms with Gasteiger partial charge in [-0.25, -0.2) is 13.5 Å². The number of rotatable bonds is 7. The molecule has 7 nitrogen and oxygen atoms in total. The van der Waals surface area contributed by atoms with Crippen LogP contribution < -0.4 is 20.3 Å². The summed E-state index contributed by atoms with van der Waals surface area (Å²) in [6, 6.07) is 10.9. The first kappa shape index (κ1) is 27.1. The number of hydrogen-bond acceptors (Lipinski definition) is 4. The number of carbonyl (C=O) groups excluding carboxylic acids is 1. The second-order valence-electron chi connectivity index (χ2n) is 7.76. The van der Waals surface area contributed by atoms with Crippen molar-refractivity contribution >= 4 is 34.8 Å². The molecular weight excluding hydrogens is 553 g/mol. The standard InChI is InChI=1S/C25H17Cl2F4N3O4/c1-33-22(19-16(28)10-14(37-2)11-17(19)29)21(24(36)34(33)18-5-3-4-15(26)20(18)27)32-23(35)12-6-8-13(9-7-12)38-25(30)31/h3-11,25H,1-2H3,(H,32,35). The fraction of sp³-hybridized carbons (Fsp3) is 0.120. The van der Waals surface area contributed by atoms with Gasteiger partial charge in [0.15, 0.2) is 0 Å². The molecule has 4 aromatic rings. The lowest BCUT2D eigenvalue weighted by Crippen LogP contribution is -2.23. The van der Waals surface area contributed by atoms with Gasteiger partial charge in [-0.05, 0) is 36.4 Å². The molecule has 4 rings (SSSR count). The molecule has 0 bridgehead atoms. The van der Waals surface area contributed by atoms with E-state index >= 15 is 8.78 Å². The highest BCUT2D eigenvalue weighted by Crippen LogP contribution is 2.36. The minimum Gasteiger partial charge on any atom is -0.497 e. The summed E-state index contributed by atoms with van der Waals surface area (Å²) in [4.78, 5) is 26.6. The molecule has 38 heavy (non-hydrogen) atoms. The Labute approximate surface area is 222 Å². The molecule has 0 spiro atoms. The monoisotopic (exact) mass is 569 g/mol. The Balaban J connectivity index is 1.90. The van der Waals surface area contributed by atoms with E-state index in [2.05, 4.69) is 10.1 Å². The summed E-state index contributed by atoms with van der Waals surface area (Å²) in [5.74, 6) is -3.32. The van der Waals surface area contributed by atoms with Crippen molar-refractivity contribution in [3.63, 3.8) is 0 Å². The van der Waals surface area contributed by atoms with Crippen molar-refractivity contribution in [3.8, 4) is 28.4 Å². The smallest absolute Gasteiger partial charge is 0.387 e. The second kappa shape index (κ2) is 10.8. The van der Waals surface area contributed by atoms with E-state index in [9.17, 15) is 18.4 Å². The third-order valence-electron chi connectivity index (χ3n) is 5.49. The summed E-state index contributed by atoms with van der Waals surface area (Å²) >= 11 is 12.4. The summed E-state index contributed by atoms with van der Waals surface area (Å²) in [6.07, 6.45) is 0. The number of ether oxygens (including phenoxy) is 2. The maximum absolute atomic E-state index is 15.2. The Morgan fingerprint density at radius 2 is 1.63 bits per heavy atom. The molecule has 0 aliphatic rings. The van der Waals surface area contributed by atoms with Gasteiger partial charge in [-0.3, -0.25) is 14.3 Å². The number of hydrogen-bond donors (Lipinski definition) is 1. The number of anilines is 1. The predicted octanol–water partition coefficient (Wildman–Crippen LogP) is 6.29. The number of aromatic nitrogens is 2. The van der Waals surface area contributed by atoms with Gasteiger partial charge in [0.1, 0.15) is 34.5 Å². The quantitative estimate of drug-likeness (QED) is 0.265. The molecule has 0 aliphatic carbocycles. The van der Waals surface area contributed by atoms with E-state index in [0.29, 0.717) is 0 Å². The van der Waals surface area contributed by atoms with E-state index in [1.165, 1.54) is 44.5 Å².